The third kappa shape index (κ3) is 12.0. The molecule has 0 spiro atoms. The molecule has 0 radical (unpaired) electrons. The zero-order valence-corrected chi connectivity index (χ0v) is 32.4. The molecule has 1 amide bonds. The summed E-state index contributed by atoms with van der Waals surface area (Å²) < 4.78 is 11.5. The summed E-state index contributed by atoms with van der Waals surface area (Å²) in [6.45, 7) is 16.1. The van der Waals surface area contributed by atoms with Crippen molar-refractivity contribution >= 4 is 5.91 Å². The highest BCUT2D eigenvalue weighted by Gasteiger charge is 2.46. The first-order valence-corrected chi connectivity index (χ1v) is 19.2. The fraction of sp³-hybridized carbons (Fsp3) is 0.651. The number of phenols is 2. The van der Waals surface area contributed by atoms with Gasteiger partial charge in [-0.15, -0.1) is 0 Å². The average molecular weight is 694 g/mol. The molecular formula is C43H67NO6. The van der Waals surface area contributed by atoms with Gasteiger partial charge in [-0.3, -0.25) is 4.79 Å². The van der Waals surface area contributed by atoms with E-state index in [-0.39, 0.29) is 35.2 Å². The number of nitrogens with one attached hydrogen (secondary N) is 1. The number of aliphatic hydroxyl groups excluding tert-OH is 1. The minimum Gasteiger partial charge on any atom is -0.508 e. The topological polar surface area (TPSA) is 108 Å². The van der Waals surface area contributed by atoms with Crippen molar-refractivity contribution in [2.24, 2.45) is 11.8 Å². The Morgan fingerprint density at radius 2 is 1.74 bits per heavy atom. The van der Waals surface area contributed by atoms with E-state index in [4.69, 9.17) is 9.47 Å². The number of carbonyl (C=O) groups excluding carboxylic acids is 1. The van der Waals surface area contributed by atoms with Gasteiger partial charge in [0, 0.05) is 30.4 Å². The Morgan fingerprint density at radius 1 is 1.02 bits per heavy atom. The predicted molar refractivity (Wildman–Crippen MR) is 204 cm³/mol. The van der Waals surface area contributed by atoms with E-state index in [0.717, 1.165) is 66.0 Å². The summed E-state index contributed by atoms with van der Waals surface area (Å²) in [6, 6.07) is 9.23. The maximum atomic E-state index is 11.8. The van der Waals surface area contributed by atoms with Gasteiger partial charge in [-0.05, 0) is 91.8 Å². The highest BCUT2D eigenvalue weighted by molar-refractivity contribution is 5.75. The van der Waals surface area contributed by atoms with Gasteiger partial charge in [-0.2, -0.15) is 0 Å². The number of rotatable bonds is 17. The predicted octanol–water partition coefficient (Wildman–Crippen LogP) is 10.2. The van der Waals surface area contributed by atoms with Crippen molar-refractivity contribution in [3.05, 3.63) is 58.7 Å². The number of methoxy groups -OCH3 is 1. The maximum absolute atomic E-state index is 11.8. The van der Waals surface area contributed by atoms with Crippen LogP contribution in [0.5, 0.6) is 23.0 Å². The standard InChI is InChI=1S/C25H38O3.C18H29NO3/c1-6-7-8-9-12-24(2,3)18-14-21(27)23-19-13-17(16-26)10-11-20(19)25(4,5)28-22(23)15-18;1-14(2)8-6-4-5-7-9-18(21)19-13-15-10-11-16(20)17(12-15)22-3/h10,14-15,19-20,26-27H,6-9,11-13,16H2,1-5H3;10-12,14,20H,4-9,13H2,1-3H3,(H,19,21)/t19-,20-;/m1./s1. The molecule has 1 aliphatic carbocycles. The van der Waals surface area contributed by atoms with Crippen LogP contribution < -0.4 is 14.8 Å². The number of fused-ring (bicyclic) bond motifs is 3. The second-order valence-electron chi connectivity index (χ2n) is 16.1. The first-order valence-electron chi connectivity index (χ1n) is 19.2. The number of benzene rings is 2. The highest BCUT2D eigenvalue weighted by Crippen LogP contribution is 2.55. The lowest BCUT2D eigenvalue weighted by atomic mass is 9.66. The van der Waals surface area contributed by atoms with Crippen molar-refractivity contribution in [3.63, 3.8) is 0 Å². The van der Waals surface area contributed by atoms with Crippen molar-refractivity contribution in [3.8, 4) is 23.0 Å². The quantitative estimate of drug-likeness (QED) is 0.0970. The van der Waals surface area contributed by atoms with Crippen molar-refractivity contribution in [2.75, 3.05) is 13.7 Å². The maximum Gasteiger partial charge on any atom is 0.220 e. The lowest BCUT2D eigenvalue weighted by Crippen LogP contribution is -2.45. The van der Waals surface area contributed by atoms with Crippen molar-refractivity contribution < 1.29 is 29.6 Å². The van der Waals surface area contributed by atoms with E-state index in [1.165, 1.54) is 52.1 Å². The summed E-state index contributed by atoms with van der Waals surface area (Å²) in [5, 5.41) is 33.1. The van der Waals surface area contributed by atoms with E-state index in [1.807, 2.05) is 6.07 Å². The van der Waals surface area contributed by atoms with Gasteiger partial charge in [0.25, 0.3) is 0 Å². The Bertz CT molecular complexity index is 1390. The van der Waals surface area contributed by atoms with Crippen LogP contribution in [0.1, 0.15) is 155 Å². The number of carbonyl (C=O) groups is 1. The van der Waals surface area contributed by atoms with Gasteiger partial charge in [0.05, 0.1) is 13.7 Å². The normalized spacial score (nSPS) is 17.8. The van der Waals surface area contributed by atoms with Gasteiger partial charge >= 0.3 is 0 Å². The number of hydrogen-bond donors (Lipinski definition) is 4. The zero-order valence-electron chi connectivity index (χ0n) is 32.4. The summed E-state index contributed by atoms with van der Waals surface area (Å²) in [5.41, 5.74) is 3.81. The fourth-order valence-corrected chi connectivity index (χ4v) is 7.44. The van der Waals surface area contributed by atoms with Gasteiger partial charge in [-0.25, -0.2) is 0 Å². The Balaban J connectivity index is 0.000000279. The summed E-state index contributed by atoms with van der Waals surface area (Å²) >= 11 is 0. The van der Waals surface area contributed by atoms with E-state index in [2.05, 4.69) is 65.9 Å². The first kappa shape index (κ1) is 41.2. The van der Waals surface area contributed by atoms with Crippen LogP contribution in [0, 0.1) is 11.8 Å². The summed E-state index contributed by atoms with van der Waals surface area (Å²) in [6.07, 6.45) is 16.3. The monoisotopic (exact) mass is 693 g/mol. The molecule has 7 nitrogen and oxygen atoms in total. The Kier molecular flexibility index (Phi) is 16.0. The minimum absolute atomic E-state index is 0.00727. The van der Waals surface area contributed by atoms with E-state index in [0.29, 0.717) is 30.4 Å². The van der Waals surface area contributed by atoms with Gasteiger partial charge in [0.2, 0.25) is 5.91 Å². The molecule has 1 aliphatic heterocycles. The molecular weight excluding hydrogens is 626 g/mol. The molecule has 0 aromatic heterocycles. The molecule has 0 unspecified atom stereocenters. The van der Waals surface area contributed by atoms with E-state index >= 15 is 0 Å². The molecule has 2 atom stereocenters. The van der Waals surface area contributed by atoms with Crippen LogP contribution in [0.4, 0.5) is 0 Å². The van der Waals surface area contributed by atoms with Crippen molar-refractivity contribution in [1.82, 2.24) is 5.32 Å². The van der Waals surface area contributed by atoms with E-state index < -0.39 is 0 Å². The van der Waals surface area contributed by atoms with Gasteiger partial charge in [-0.1, -0.05) is 98.1 Å². The molecule has 0 fully saturated rings. The van der Waals surface area contributed by atoms with Crippen molar-refractivity contribution in [2.45, 2.75) is 155 Å². The molecule has 4 rings (SSSR count). The van der Waals surface area contributed by atoms with Gasteiger partial charge in [0.1, 0.15) is 17.1 Å². The van der Waals surface area contributed by atoms with Crippen molar-refractivity contribution in [1.29, 1.82) is 0 Å². The Morgan fingerprint density at radius 3 is 2.42 bits per heavy atom. The summed E-state index contributed by atoms with van der Waals surface area (Å²) in [5.74, 6) is 3.10. The molecule has 2 aliphatic rings. The number of aromatic hydroxyl groups is 2. The number of unbranched alkanes of at least 4 members (excludes halogenated alkanes) is 6. The largest absolute Gasteiger partial charge is 0.508 e. The number of amides is 1. The van der Waals surface area contributed by atoms with Crippen LogP contribution in [0.3, 0.4) is 0 Å². The zero-order chi connectivity index (χ0) is 36.9. The van der Waals surface area contributed by atoms with Crippen LogP contribution in [0.25, 0.3) is 0 Å². The molecule has 280 valence electrons. The molecule has 50 heavy (non-hydrogen) atoms. The SMILES string of the molecule is CCCCCCC(C)(C)c1cc(O)c2c(c1)OC(C)(C)[C@@H]1CC=C(CO)C[C@@H]21.COc1cc(CNC(=O)CCCCCCC(C)C)ccc1O. The lowest BCUT2D eigenvalue weighted by Gasteiger charge is -2.47. The van der Waals surface area contributed by atoms with Crippen LogP contribution in [0.15, 0.2) is 42.0 Å². The fourth-order valence-electron chi connectivity index (χ4n) is 7.44. The van der Waals surface area contributed by atoms with Crippen LogP contribution in [-0.2, 0) is 16.8 Å². The molecule has 0 bridgehead atoms. The molecule has 4 N–H and O–H groups in total. The number of ether oxygens (including phenoxy) is 2. The number of allylic oxidation sites excluding steroid dienone is 1. The molecule has 0 saturated heterocycles. The van der Waals surface area contributed by atoms with Crippen LogP contribution >= 0.6 is 0 Å². The lowest BCUT2D eigenvalue weighted by molar-refractivity contribution is -0.121. The second kappa shape index (κ2) is 19.4. The summed E-state index contributed by atoms with van der Waals surface area (Å²) in [4.78, 5) is 11.8. The molecule has 2 aromatic rings. The van der Waals surface area contributed by atoms with Crippen LogP contribution in [0.2, 0.25) is 0 Å². The second-order valence-corrected chi connectivity index (χ2v) is 16.1. The van der Waals surface area contributed by atoms with Gasteiger partial charge in [0.15, 0.2) is 11.5 Å². The smallest absolute Gasteiger partial charge is 0.220 e. The minimum atomic E-state index is -0.286. The molecule has 1 heterocycles. The third-order valence-corrected chi connectivity index (χ3v) is 10.7. The van der Waals surface area contributed by atoms with Gasteiger partial charge < -0.3 is 30.1 Å². The third-order valence-electron chi connectivity index (χ3n) is 10.7. The first-order chi connectivity index (χ1) is 23.7. The Hall–Kier alpha value is -3.19. The molecule has 2 aromatic carbocycles. The van der Waals surface area contributed by atoms with E-state index in [1.54, 1.807) is 18.2 Å². The average Bonchev–Trinajstić information content (AvgIpc) is 3.07. The van der Waals surface area contributed by atoms with Crippen LogP contribution in [-0.4, -0.2) is 40.5 Å². The van der Waals surface area contributed by atoms with E-state index in [9.17, 15) is 20.1 Å². The summed E-state index contributed by atoms with van der Waals surface area (Å²) in [7, 11) is 1.51. The Labute approximate surface area is 302 Å². The molecule has 7 heteroatoms. The number of hydrogen-bond acceptors (Lipinski definition) is 6. The highest BCUT2D eigenvalue weighted by atomic mass is 16.5. The number of aliphatic hydroxyl groups is 1. The molecule has 0 saturated carbocycles. The number of phenolic OH excluding ortho intramolecular Hbond substituents is 2.